The lowest BCUT2D eigenvalue weighted by molar-refractivity contribution is -0.145. The van der Waals surface area contributed by atoms with E-state index in [2.05, 4.69) is 20.8 Å². The maximum absolute atomic E-state index is 11.8. The smallest absolute Gasteiger partial charge is 0.305 e. The predicted molar refractivity (Wildman–Crippen MR) is 115 cm³/mol. The number of rotatable bonds is 20. The molecule has 156 valence electrons. The van der Waals surface area contributed by atoms with Gasteiger partial charge in [-0.15, -0.1) is 0 Å². The van der Waals surface area contributed by atoms with Gasteiger partial charge < -0.3 is 4.74 Å². The lowest BCUT2D eigenvalue weighted by Gasteiger charge is -2.17. The van der Waals surface area contributed by atoms with E-state index in [0.29, 0.717) is 18.9 Å². The molecule has 1 unspecified atom stereocenters. The minimum Gasteiger partial charge on any atom is -0.465 e. The summed E-state index contributed by atoms with van der Waals surface area (Å²) in [4.78, 5) is 11.8. The topological polar surface area (TPSA) is 26.3 Å². The van der Waals surface area contributed by atoms with Gasteiger partial charge in [-0.1, -0.05) is 111 Å². The molecule has 0 aromatic heterocycles. The van der Waals surface area contributed by atoms with Crippen LogP contribution in [0, 0.1) is 5.92 Å². The summed E-state index contributed by atoms with van der Waals surface area (Å²) in [6.45, 7) is 7.32. The summed E-state index contributed by atoms with van der Waals surface area (Å²) >= 11 is 0. The second kappa shape index (κ2) is 20.8. The van der Waals surface area contributed by atoms with Gasteiger partial charge in [-0.05, 0) is 25.2 Å². The molecule has 0 bridgehead atoms. The Hall–Kier alpha value is -0.530. The van der Waals surface area contributed by atoms with E-state index in [-0.39, 0.29) is 5.97 Å². The van der Waals surface area contributed by atoms with Crippen LogP contribution in [0.2, 0.25) is 0 Å². The molecule has 0 aliphatic rings. The van der Waals surface area contributed by atoms with Crippen LogP contribution in [0.15, 0.2) is 0 Å². The summed E-state index contributed by atoms with van der Waals surface area (Å²) < 4.78 is 5.57. The minimum absolute atomic E-state index is 0.0133. The van der Waals surface area contributed by atoms with E-state index < -0.39 is 0 Å². The lowest BCUT2D eigenvalue weighted by Crippen LogP contribution is -2.14. The summed E-state index contributed by atoms with van der Waals surface area (Å²) in [6, 6.07) is 0. The molecule has 0 N–H and O–H groups in total. The van der Waals surface area contributed by atoms with Crippen LogP contribution < -0.4 is 0 Å². The first kappa shape index (κ1) is 25.5. The Morgan fingerprint density at radius 1 is 0.615 bits per heavy atom. The van der Waals surface area contributed by atoms with E-state index in [9.17, 15) is 4.79 Å². The van der Waals surface area contributed by atoms with Crippen molar-refractivity contribution in [3.63, 3.8) is 0 Å². The third kappa shape index (κ3) is 18.3. The Kier molecular flexibility index (Phi) is 20.4. The van der Waals surface area contributed by atoms with Gasteiger partial charge in [0.15, 0.2) is 0 Å². The van der Waals surface area contributed by atoms with Crippen LogP contribution in [-0.2, 0) is 9.53 Å². The Bertz CT molecular complexity index is 288. The first-order valence-corrected chi connectivity index (χ1v) is 11.9. The zero-order valence-corrected chi connectivity index (χ0v) is 18.3. The Morgan fingerprint density at radius 3 is 1.50 bits per heavy atom. The van der Waals surface area contributed by atoms with Gasteiger partial charge in [0.25, 0.3) is 0 Å². The van der Waals surface area contributed by atoms with Crippen molar-refractivity contribution in [3.8, 4) is 0 Å². The number of unbranched alkanes of at least 4 members (excludes halogenated alkanes) is 12. The molecular weight excluding hydrogens is 320 g/mol. The van der Waals surface area contributed by atoms with Crippen molar-refractivity contribution in [2.75, 3.05) is 6.61 Å². The predicted octanol–water partition coefficient (Wildman–Crippen LogP) is 8.23. The van der Waals surface area contributed by atoms with E-state index in [0.717, 1.165) is 12.8 Å². The summed E-state index contributed by atoms with van der Waals surface area (Å²) in [6.07, 6.45) is 22.7. The molecule has 2 nitrogen and oxygen atoms in total. The van der Waals surface area contributed by atoms with Crippen molar-refractivity contribution < 1.29 is 9.53 Å². The van der Waals surface area contributed by atoms with Gasteiger partial charge in [-0.3, -0.25) is 4.79 Å². The van der Waals surface area contributed by atoms with Crippen molar-refractivity contribution >= 4 is 5.97 Å². The second-order valence-electron chi connectivity index (χ2n) is 8.12. The molecular formula is C24H48O2. The molecule has 0 aromatic carbocycles. The standard InChI is InChI=1S/C24H48O2/c1-4-7-10-12-14-16-18-20-23(19-17-15-13-11-8-5-2)22-26-24(25)21-9-6-3/h23H,4-22H2,1-3H3. The van der Waals surface area contributed by atoms with E-state index in [4.69, 9.17) is 4.74 Å². The average molecular weight is 369 g/mol. The fourth-order valence-electron chi connectivity index (χ4n) is 3.52. The van der Waals surface area contributed by atoms with Crippen LogP contribution in [0.25, 0.3) is 0 Å². The fourth-order valence-corrected chi connectivity index (χ4v) is 3.52. The number of carbonyl (C=O) groups is 1. The monoisotopic (exact) mass is 368 g/mol. The van der Waals surface area contributed by atoms with Crippen molar-refractivity contribution in [2.24, 2.45) is 5.92 Å². The molecule has 1 atom stereocenters. The summed E-state index contributed by atoms with van der Waals surface area (Å²) in [5.74, 6) is 0.599. The van der Waals surface area contributed by atoms with E-state index in [1.807, 2.05) is 0 Å². The first-order valence-electron chi connectivity index (χ1n) is 11.9. The molecule has 0 aliphatic heterocycles. The maximum atomic E-state index is 11.8. The molecule has 0 saturated carbocycles. The third-order valence-corrected chi connectivity index (χ3v) is 5.40. The number of esters is 1. The first-order chi connectivity index (χ1) is 12.7. The Labute approximate surface area is 164 Å². The average Bonchev–Trinajstić information content (AvgIpc) is 2.65. The molecule has 0 radical (unpaired) electrons. The molecule has 0 heterocycles. The lowest BCUT2D eigenvalue weighted by atomic mass is 9.94. The number of hydrogen-bond acceptors (Lipinski definition) is 2. The molecule has 0 aromatic rings. The summed E-state index contributed by atoms with van der Waals surface area (Å²) in [7, 11) is 0. The number of ether oxygens (including phenoxy) is 1. The molecule has 0 fully saturated rings. The molecule has 0 spiro atoms. The van der Waals surface area contributed by atoms with E-state index >= 15 is 0 Å². The maximum Gasteiger partial charge on any atom is 0.305 e. The van der Waals surface area contributed by atoms with Crippen molar-refractivity contribution in [1.29, 1.82) is 0 Å². The summed E-state index contributed by atoms with van der Waals surface area (Å²) in [5, 5.41) is 0. The highest BCUT2D eigenvalue weighted by molar-refractivity contribution is 5.69. The molecule has 0 saturated heterocycles. The quantitative estimate of drug-likeness (QED) is 0.160. The third-order valence-electron chi connectivity index (χ3n) is 5.40. The van der Waals surface area contributed by atoms with Crippen molar-refractivity contribution in [1.82, 2.24) is 0 Å². The van der Waals surface area contributed by atoms with Crippen LogP contribution in [0.1, 0.15) is 136 Å². The zero-order chi connectivity index (χ0) is 19.3. The minimum atomic E-state index is 0.0133. The van der Waals surface area contributed by atoms with Crippen LogP contribution >= 0.6 is 0 Å². The normalized spacial score (nSPS) is 12.3. The second-order valence-corrected chi connectivity index (χ2v) is 8.12. The zero-order valence-electron chi connectivity index (χ0n) is 18.3. The van der Waals surface area contributed by atoms with Gasteiger partial charge in [-0.2, -0.15) is 0 Å². The highest BCUT2D eigenvalue weighted by Crippen LogP contribution is 2.20. The highest BCUT2D eigenvalue weighted by Gasteiger charge is 2.12. The van der Waals surface area contributed by atoms with Crippen LogP contribution in [0.4, 0.5) is 0 Å². The van der Waals surface area contributed by atoms with Crippen molar-refractivity contribution in [2.45, 2.75) is 136 Å². The van der Waals surface area contributed by atoms with Gasteiger partial charge in [-0.25, -0.2) is 0 Å². The van der Waals surface area contributed by atoms with E-state index in [1.54, 1.807) is 0 Å². The molecule has 0 aliphatic carbocycles. The molecule has 0 amide bonds. The van der Waals surface area contributed by atoms with Crippen LogP contribution in [0.3, 0.4) is 0 Å². The van der Waals surface area contributed by atoms with Gasteiger partial charge in [0.05, 0.1) is 6.61 Å². The molecule has 26 heavy (non-hydrogen) atoms. The highest BCUT2D eigenvalue weighted by atomic mass is 16.5. The molecule has 0 rings (SSSR count). The van der Waals surface area contributed by atoms with Gasteiger partial charge in [0.1, 0.15) is 0 Å². The number of carbonyl (C=O) groups excluding carboxylic acids is 1. The fraction of sp³-hybridized carbons (Fsp3) is 0.958. The molecule has 2 heteroatoms. The van der Waals surface area contributed by atoms with Crippen LogP contribution in [-0.4, -0.2) is 12.6 Å². The van der Waals surface area contributed by atoms with E-state index in [1.165, 1.54) is 96.3 Å². The largest absolute Gasteiger partial charge is 0.465 e. The Balaban J connectivity index is 3.92. The van der Waals surface area contributed by atoms with Gasteiger partial charge >= 0.3 is 5.97 Å². The SMILES string of the molecule is CCCCCCCCCC(CCCCCCCC)COC(=O)CCCC. The van der Waals surface area contributed by atoms with Gasteiger partial charge in [0, 0.05) is 6.42 Å². The van der Waals surface area contributed by atoms with Crippen molar-refractivity contribution in [3.05, 3.63) is 0 Å². The van der Waals surface area contributed by atoms with Crippen LogP contribution in [0.5, 0.6) is 0 Å². The summed E-state index contributed by atoms with van der Waals surface area (Å²) in [5.41, 5.74) is 0. The number of hydrogen-bond donors (Lipinski definition) is 0. The Morgan fingerprint density at radius 2 is 1.04 bits per heavy atom. The van der Waals surface area contributed by atoms with Gasteiger partial charge in [0.2, 0.25) is 0 Å².